The van der Waals surface area contributed by atoms with Crippen LogP contribution in [0.25, 0.3) is 0 Å². The van der Waals surface area contributed by atoms with Gasteiger partial charge in [-0.15, -0.1) is 0 Å². The Hall–Kier alpha value is -0.690. The van der Waals surface area contributed by atoms with Gasteiger partial charge in [-0.25, -0.2) is 0 Å². The summed E-state index contributed by atoms with van der Waals surface area (Å²) in [6, 6.07) is 0. The van der Waals surface area contributed by atoms with E-state index < -0.39 is 0 Å². The van der Waals surface area contributed by atoms with Gasteiger partial charge in [0.15, 0.2) is 0 Å². The molecule has 6 aliphatic rings. The van der Waals surface area contributed by atoms with Gasteiger partial charge in [-0.3, -0.25) is 4.79 Å². The predicted octanol–water partition coefficient (Wildman–Crippen LogP) is 6.42. The molecule has 6 heteroatoms. The molecule has 6 rings (SSSR count). The molecule has 246 valence electrons. The molecular formula is C36H70N4O2. The Balaban J connectivity index is 0.000000186. The van der Waals surface area contributed by atoms with E-state index in [-0.39, 0.29) is 5.60 Å². The van der Waals surface area contributed by atoms with Gasteiger partial charge in [-0.1, -0.05) is 60.3 Å². The Morgan fingerprint density at radius 1 is 0.881 bits per heavy atom. The lowest BCUT2D eigenvalue weighted by Crippen LogP contribution is -2.67. The van der Waals surface area contributed by atoms with Crippen LogP contribution in [0, 0.1) is 29.1 Å². The first-order valence-corrected chi connectivity index (χ1v) is 18.3. The normalized spacial score (nSPS) is 27.0. The maximum absolute atomic E-state index is 11.7. The van der Waals surface area contributed by atoms with Gasteiger partial charge in [0, 0.05) is 44.1 Å². The summed E-state index contributed by atoms with van der Waals surface area (Å²) in [5, 5.41) is 13.9. The Kier molecular flexibility index (Phi) is 15.1. The molecule has 2 N–H and O–H groups in total. The molecule has 2 saturated carbocycles. The largest absolute Gasteiger partial charge is 0.390 e. The van der Waals surface area contributed by atoms with E-state index in [1.807, 2.05) is 18.7 Å². The minimum absolute atomic E-state index is 0.338. The highest BCUT2D eigenvalue weighted by Gasteiger charge is 2.56. The smallest absolute Gasteiger partial charge is 0.225 e. The number of nitrogens with zero attached hydrogens (tertiary/aromatic N) is 3. The van der Waals surface area contributed by atoms with Gasteiger partial charge in [-0.05, 0) is 115 Å². The average molecular weight is 591 g/mol. The van der Waals surface area contributed by atoms with Gasteiger partial charge < -0.3 is 25.1 Å². The molecule has 0 aromatic rings. The highest BCUT2D eigenvalue weighted by molar-refractivity contribution is 5.79. The Morgan fingerprint density at radius 3 is 1.93 bits per heavy atom. The molecule has 42 heavy (non-hydrogen) atoms. The van der Waals surface area contributed by atoms with Gasteiger partial charge >= 0.3 is 0 Å². The molecule has 4 aliphatic heterocycles. The first-order valence-electron chi connectivity index (χ1n) is 18.3. The Bertz CT molecular complexity index is 727. The van der Waals surface area contributed by atoms with Crippen molar-refractivity contribution in [2.24, 2.45) is 29.1 Å². The first kappa shape index (κ1) is 35.8. The minimum Gasteiger partial charge on any atom is -0.390 e. The quantitative estimate of drug-likeness (QED) is 0.374. The van der Waals surface area contributed by atoms with Gasteiger partial charge in [0.25, 0.3) is 0 Å². The number of nitrogens with one attached hydrogen (secondary N) is 1. The molecule has 1 unspecified atom stereocenters. The molecule has 0 radical (unpaired) electrons. The van der Waals surface area contributed by atoms with Crippen molar-refractivity contribution in [2.75, 3.05) is 66.0 Å². The van der Waals surface area contributed by atoms with Crippen molar-refractivity contribution < 1.29 is 9.90 Å². The van der Waals surface area contributed by atoms with Crippen LogP contribution in [0.15, 0.2) is 0 Å². The number of hydrogen-bond donors (Lipinski definition) is 2. The number of rotatable bonds is 6. The van der Waals surface area contributed by atoms with Gasteiger partial charge in [0.05, 0.1) is 5.60 Å². The predicted molar refractivity (Wildman–Crippen MR) is 178 cm³/mol. The summed E-state index contributed by atoms with van der Waals surface area (Å²) in [5.74, 6) is 3.64. The summed E-state index contributed by atoms with van der Waals surface area (Å²) < 4.78 is 0. The van der Waals surface area contributed by atoms with Crippen molar-refractivity contribution in [1.82, 2.24) is 20.0 Å². The molecule has 2 aliphatic carbocycles. The zero-order chi connectivity index (χ0) is 30.6. The van der Waals surface area contributed by atoms with E-state index in [9.17, 15) is 9.90 Å². The highest BCUT2D eigenvalue weighted by Crippen LogP contribution is 2.52. The van der Waals surface area contributed by atoms with Gasteiger partial charge in [-0.2, -0.15) is 0 Å². The summed E-state index contributed by atoms with van der Waals surface area (Å²) in [6.45, 7) is 21.6. The third kappa shape index (κ3) is 10.7. The number of amides is 1. The third-order valence-corrected chi connectivity index (χ3v) is 11.5. The fourth-order valence-corrected chi connectivity index (χ4v) is 7.98. The second kappa shape index (κ2) is 17.7. The van der Waals surface area contributed by atoms with Crippen molar-refractivity contribution in [3.8, 4) is 0 Å². The molecule has 0 bridgehead atoms. The topological polar surface area (TPSA) is 59.1 Å². The molecule has 0 aromatic heterocycles. The summed E-state index contributed by atoms with van der Waals surface area (Å²) in [7, 11) is 2.20. The van der Waals surface area contributed by atoms with Crippen molar-refractivity contribution >= 4 is 5.91 Å². The van der Waals surface area contributed by atoms with Crippen LogP contribution in [-0.4, -0.2) is 97.3 Å². The molecule has 4 heterocycles. The fraction of sp³-hybridized carbons (Fsp3) is 0.972. The molecule has 0 aromatic carbocycles. The van der Waals surface area contributed by atoms with Crippen LogP contribution in [0.3, 0.4) is 0 Å². The summed E-state index contributed by atoms with van der Waals surface area (Å²) >= 11 is 0. The first-order chi connectivity index (χ1) is 20.2. The highest BCUT2D eigenvalue weighted by atomic mass is 16.3. The summed E-state index contributed by atoms with van der Waals surface area (Å²) in [5.41, 5.74) is 0.147. The van der Waals surface area contributed by atoms with Crippen LogP contribution >= 0.6 is 0 Å². The Labute approximate surface area is 260 Å². The van der Waals surface area contributed by atoms with E-state index in [0.29, 0.717) is 17.2 Å². The maximum Gasteiger partial charge on any atom is 0.225 e. The van der Waals surface area contributed by atoms with E-state index in [2.05, 4.69) is 42.9 Å². The Morgan fingerprint density at radius 2 is 1.48 bits per heavy atom. The standard InChI is InChI=1S/C17H32N2O.C10H17NO.C7H15N.C2H6/c1-3-14(2)15-4-7-19(8-5-15)9-6-17(20)10-16(11-17)12-18-13-16;12-10(11-7-4-8-11)9-5-2-1-3-6-9;1-7-3-5-8(2)6-4-7;1-2/h14-15,18,20H,3-13H2,1-2H3;9H,1-8H2;7H,3-6H2,1-2H3;1-2H3. The van der Waals surface area contributed by atoms with Crippen LogP contribution in [0.4, 0.5) is 0 Å². The van der Waals surface area contributed by atoms with Crippen molar-refractivity contribution in [2.45, 2.75) is 130 Å². The number of carbonyl (C=O) groups is 1. The van der Waals surface area contributed by atoms with E-state index in [4.69, 9.17) is 0 Å². The maximum atomic E-state index is 11.7. The average Bonchev–Trinajstić information content (AvgIpc) is 2.96. The van der Waals surface area contributed by atoms with Crippen LogP contribution < -0.4 is 5.32 Å². The number of likely N-dealkylation sites (tertiary alicyclic amines) is 3. The van der Waals surface area contributed by atoms with Crippen molar-refractivity contribution in [3.05, 3.63) is 0 Å². The van der Waals surface area contributed by atoms with Crippen molar-refractivity contribution in [1.29, 1.82) is 0 Å². The molecule has 1 spiro atoms. The monoisotopic (exact) mass is 591 g/mol. The number of aliphatic hydroxyl groups is 1. The van der Waals surface area contributed by atoms with E-state index in [1.165, 1.54) is 84.0 Å². The van der Waals surface area contributed by atoms with Crippen molar-refractivity contribution in [3.63, 3.8) is 0 Å². The number of hydrogen-bond acceptors (Lipinski definition) is 5. The molecule has 6 fully saturated rings. The van der Waals surface area contributed by atoms with Gasteiger partial charge in [0.1, 0.15) is 0 Å². The third-order valence-electron chi connectivity index (χ3n) is 11.5. The lowest BCUT2D eigenvalue weighted by molar-refractivity contribution is -0.155. The molecule has 6 nitrogen and oxygen atoms in total. The zero-order valence-corrected chi connectivity index (χ0v) is 28.8. The van der Waals surface area contributed by atoms with E-state index >= 15 is 0 Å². The molecule has 4 saturated heterocycles. The van der Waals surface area contributed by atoms with Crippen LogP contribution in [0.1, 0.15) is 125 Å². The van der Waals surface area contributed by atoms with E-state index in [1.54, 1.807) is 0 Å². The molecule has 1 amide bonds. The molecular weight excluding hydrogens is 520 g/mol. The van der Waals surface area contributed by atoms with Crippen LogP contribution in [0.5, 0.6) is 0 Å². The van der Waals surface area contributed by atoms with E-state index in [0.717, 1.165) is 82.6 Å². The van der Waals surface area contributed by atoms with Crippen LogP contribution in [-0.2, 0) is 4.79 Å². The lowest BCUT2D eigenvalue weighted by atomic mass is 9.55. The summed E-state index contributed by atoms with van der Waals surface area (Å²) in [6.07, 6.45) is 17.3. The number of carbonyl (C=O) groups excluding carboxylic acids is 1. The second-order valence-corrected chi connectivity index (χ2v) is 15.0. The van der Waals surface area contributed by atoms with Gasteiger partial charge in [0.2, 0.25) is 5.91 Å². The molecule has 1 atom stereocenters. The minimum atomic E-state index is -0.338. The number of piperidine rings is 2. The summed E-state index contributed by atoms with van der Waals surface area (Å²) in [4.78, 5) is 18.7. The lowest BCUT2D eigenvalue weighted by Gasteiger charge is -2.59. The SMILES string of the molecule is CC.CC1CCN(C)CC1.CCC(C)C1CCN(CCC2(O)CC3(CNC3)C2)CC1.O=C(C1CCCCC1)N1CCC1. The fourth-order valence-electron chi connectivity index (χ4n) is 7.98. The van der Waals surface area contributed by atoms with Crippen LogP contribution in [0.2, 0.25) is 0 Å². The zero-order valence-electron chi connectivity index (χ0n) is 28.8. The second-order valence-electron chi connectivity index (χ2n) is 15.0.